The van der Waals surface area contributed by atoms with Crippen molar-refractivity contribution >= 4 is 55.5 Å². The average Bonchev–Trinajstić information content (AvgIpc) is 2.82. The molecule has 21 heavy (non-hydrogen) atoms. The highest BCUT2D eigenvalue weighted by Crippen LogP contribution is 2.36. The smallest absolute Gasteiger partial charge is 0.327 e. The quantitative estimate of drug-likeness (QED) is 0.781. The van der Waals surface area contributed by atoms with Crippen LogP contribution in [0.2, 0.25) is 0 Å². The summed E-state index contributed by atoms with van der Waals surface area (Å²) in [5, 5.41) is 9.25. The van der Waals surface area contributed by atoms with E-state index in [1.807, 2.05) is 13.8 Å². The second kappa shape index (κ2) is 6.71. The van der Waals surface area contributed by atoms with Gasteiger partial charge in [-0.1, -0.05) is 29.8 Å². The maximum absolute atomic E-state index is 12.8. The molecule has 2 rings (SSSR count). The lowest BCUT2D eigenvalue weighted by atomic mass is 10.1. The Labute approximate surface area is 144 Å². The van der Waals surface area contributed by atoms with Crippen molar-refractivity contribution < 1.29 is 14.7 Å². The van der Waals surface area contributed by atoms with E-state index in [4.69, 9.17) is 0 Å². The topological polar surface area (TPSA) is 57.6 Å². The molecule has 0 aliphatic carbocycles. The minimum absolute atomic E-state index is 0.117. The molecular formula is C14H15Br2NO3S. The number of carboxylic acids is 1. The van der Waals surface area contributed by atoms with Crippen LogP contribution in [0, 0.1) is 5.92 Å². The fraction of sp³-hybridized carbons (Fsp3) is 0.429. The van der Waals surface area contributed by atoms with E-state index in [9.17, 15) is 14.7 Å². The van der Waals surface area contributed by atoms with Crippen molar-refractivity contribution in [1.29, 1.82) is 0 Å². The number of carboxylic acid groups (broad SMARTS) is 1. The molecule has 114 valence electrons. The number of hydrogen-bond acceptors (Lipinski definition) is 3. The van der Waals surface area contributed by atoms with Gasteiger partial charge >= 0.3 is 5.97 Å². The molecule has 1 aliphatic rings. The zero-order valence-electron chi connectivity index (χ0n) is 11.5. The summed E-state index contributed by atoms with van der Waals surface area (Å²) in [5.74, 6) is -0.576. The summed E-state index contributed by atoms with van der Waals surface area (Å²) in [6, 6.07) is 4.50. The molecule has 0 saturated carbocycles. The third kappa shape index (κ3) is 3.46. The largest absolute Gasteiger partial charge is 0.480 e. The zero-order valence-corrected chi connectivity index (χ0v) is 15.5. The first-order chi connectivity index (χ1) is 9.82. The summed E-state index contributed by atoms with van der Waals surface area (Å²) in [5.41, 5.74) is 0.484. The predicted molar refractivity (Wildman–Crippen MR) is 90.5 cm³/mol. The Bertz CT molecular complexity index is 579. The highest BCUT2D eigenvalue weighted by atomic mass is 79.9. The number of rotatable bonds is 3. The van der Waals surface area contributed by atoms with Crippen LogP contribution in [-0.2, 0) is 4.79 Å². The summed E-state index contributed by atoms with van der Waals surface area (Å²) in [6.45, 7) is 4.00. The molecule has 4 nitrogen and oxygen atoms in total. The summed E-state index contributed by atoms with van der Waals surface area (Å²) >= 11 is 8.25. The Morgan fingerprint density at radius 2 is 2.05 bits per heavy atom. The van der Waals surface area contributed by atoms with E-state index in [-0.39, 0.29) is 17.2 Å². The lowest BCUT2D eigenvalue weighted by Gasteiger charge is -2.30. The molecule has 1 saturated heterocycles. The second-order valence-corrected chi connectivity index (χ2v) is 8.08. The van der Waals surface area contributed by atoms with Gasteiger partial charge in [0.25, 0.3) is 5.91 Å². The van der Waals surface area contributed by atoms with Crippen LogP contribution in [0.4, 0.5) is 0 Å². The lowest BCUT2D eigenvalue weighted by molar-refractivity contribution is -0.141. The SMILES string of the molecule is CC(C)C1SCC(C(=O)O)N1C(=O)c1ccc(Br)cc1Br. The van der Waals surface area contributed by atoms with Gasteiger partial charge in [0.1, 0.15) is 6.04 Å². The van der Waals surface area contributed by atoms with E-state index in [1.54, 1.807) is 18.2 Å². The Morgan fingerprint density at radius 3 is 2.57 bits per heavy atom. The number of aliphatic carboxylic acids is 1. The minimum Gasteiger partial charge on any atom is -0.480 e. The lowest BCUT2D eigenvalue weighted by Crippen LogP contribution is -2.47. The van der Waals surface area contributed by atoms with Crippen molar-refractivity contribution in [3.05, 3.63) is 32.7 Å². The Hall–Kier alpha value is -0.530. The molecule has 2 unspecified atom stereocenters. The second-order valence-electron chi connectivity index (χ2n) is 5.16. The van der Waals surface area contributed by atoms with Crippen LogP contribution in [0.25, 0.3) is 0 Å². The maximum atomic E-state index is 12.8. The monoisotopic (exact) mass is 435 g/mol. The third-order valence-corrected chi connectivity index (χ3v) is 6.06. The number of nitrogens with zero attached hydrogens (tertiary/aromatic N) is 1. The standard InChI is InChI=1S/C14H15Br2NO3S/c1-7(2)13-17(11(6-21-13)14(19)20)12(18)9-4-3-8(15)5-10(9)16/h3-5,7,11,13H,6H2,1-2H3,(H,19,20). The summed E-state index contributed by atoms with van der Waals surface area (Å²) in [6.07, 6.45) is 0. The van der Waals surface area contributed by atoms with Crippen LogP contribution < -0.4 is 0 Å². The van der Waals surface area contributed by atoms with E-state index in [2.05, 4.69) is 31.9 Å². The Balaban J connectivity index is 2.39. The van der Waals surface area contributed by atoms with E-state index in [0.29, 0.717) is 15.8 Å². The van der Waals surface area contributed by atoms with Crippen LogP contribution in [-0.4, -0.2) is 39.1 Å². The first-order valence-corrected chi connectivity index (χ1v) is 9.08. The molecule has 1 fully saturated rings. The molecule has 1 aliphatic heterocycles. The predicted octanol–water partition coefficient (Wildman–Crippen LogP) is 3.84. The fourth-order valence-electron chi connectivity index (χ4n) is 2.29. The van der Waals surface area contributed by atoms with Crippen molar-refractivity contribution in [2.75, 3.05) is 5.75 Å². The highest BCUT2D eigenvalue weighted by molar-refractivity contribution is 9.11. The van der Waals surface area contributed by atoms with Crippen LogP contribution in [0.5, 0.6) is 0 Å². The van der Waals surface area contributed by atoms with Crippen LogP contribution in [0.1, 0.15) is 24.2 Å². The number of carbonyl (C=O) groups is 2. The van der Waals surface area contributed by atoms with Crippen molar-refractivity contribution in [2.45, 2.75) is 25.3 Å². The summed E-state index contributed by atoms with van der Waals surface area (Å²) < 4.78 is 1.52. The van der Waals surface area contributed by atoms with Crippen LogP contribution >= 0.6 is 43.6 Å². The molecule has 1 aromatic carbocycles. The van der Waals surface area contributed by atoms with Gasteiger partial charge in [0, 0.05) is 14.7 Å². The van der Waals surface area contributed by atoms with E-state index in [1.165, 1.54) is 16.7 Å². The third-order valence-electron chi connectivity index (χ3n) is 3.29. The molecule has 7 heteroatoms. The molecule has 1 N–H and O–H groups in total. The number of hydrogen-bond donors (Lipinski definition) is 1. The zero-order chi connectivity index (χ0) is 15.7. The summed E-state index contributed by atoms with van der Waals surface area (Å²) in [7, 11) is 0. The molecule has 0 aromatic heterocycles. The Kier molecular flexibility index (Phi) is 5.38. The Morgan fingerprint density at radius 1 is 1.38 bits per heavy atom. The normalized spacial score (nSPS) is 21.9. The fourth-order valence-corrected chi connectivity index (χ4v) is 4.98. The van der Waals surface area contributed by atoms with Gasteiger partial charge in [-0.25, -0.2) is 4.79 Å². The van der Waals surface area contributed by atoms with E-state index in [0.717, 1.165) is 4.47 Å². The molecule has 0 bridgehead atoms. The van der Waals surface area contributed by atoms with Gasteiger partial charge in [-0.2, -0.15) is 0 Å². The first-order valence-electron chi connectivity index (χ1n) is 6.45. The van der Waals surface area contributed by atoms with Gasteiger partial charge in [0.2, 0.25) is 0 Å². The number of carbonyl (C=O) groups excluding carboxylic acids is 1. The average molecular weight is 437 g/mol. The minimum atomic E-state index is -0.952. The first kappa shape index (κ1) is 16.8. The molecule has 1 aromatic rings. The molecular weight excluding hydrogens is 422 g/mol. The number of benzene rings is 1. The molecule has 0 radical (unpaired) electrons. The van der Waals surface area contributed by atoms with E-state index < -0.39 is 12.0 Å². The van der Waals surface area contributed by atoms with Crippen molar-refractivity contribution in [1.82, 2.24) is 4.90 Å². The molecule has 2 atom stereocenters. The van der Waals surface area contributed by atoms with Crippen molar-refractivity contribution in [2.24, 2.45) is 5.92 Å². The van der Waals surface area contributed by atoms with E-state index >= 15 is 0 Å². The maximum Gasteiger partial charge on any atom is 0.327 e. The number of amides is 1. The van der Waals surface area contributed by atoms with Gasteiger partial charge in [-0.3, -0.25) is 4.79 Å². The molecule has 1 amide bonds. The van der Waals surface area contributed by atoms with Crippen molar-refractivity contribution in [3.63, 3.8) is 0 Å². The molecule has 0 spiro atoms. The van der Waals surface area contributed by atoms with Crippen LogP contribution in [0.3, 0.4) is 0 Å². The van der Waals surface area contributed by atoms with Gasteiger partial charge in [0.15, 0.2) is 0 Å². The van der Waals surface area contributed by atoms with Gasteiger partial charge in [-0.05, 0) is 40.0 Å². The summed E-state index contributed by atoms with van der Waals surface area (Å²) in [4.78, 5) is 25.7. The van der Waals surface area contributed by atoms with Gasteiger partial charge in [0.05, 0.1) is 10.9 Å². The number of halogens is 2. The molecule has 1 heterocycles. The van der Waals surface area contributed by atoms with Gasteiger partial charge < -0.3 is 10.0 Å². The van der Waals surface area contributed by atoms with Gasteiger partial charge in [-0.15, -0.1) is 11.8 Å². The van der Waals surface area contributed by atoms with Crippen molar-refractivity contribution in [3.8, 4) is 0 Å². The van der Waals surface area contributed by atoms with Crippen LogP contribution in [0.15, 0.2) is 27.1 Å². The highest BCUT2D eigenvalue weighted by Gasteiger charge is 2.43. The number of thioether (sulfide) groups is 1.